The molecule has 0 unspecified atom stereocenters. The van der Waals surface area contributed by atoms with Crippen molar-refractivity contribution in [1.82, 2.24) is 5.16 Å². The molecule has 2 aromatic rings. The Morgan fingerprint density at radius 3 is 2.58 bits per heavy atom. The van der Waals surface area contributed by atoms with Crippen LogP contribution in [0.5, 0.6) is 0 Å². The predicted octanol–water partition coefficient (Wildman–Crippen LogP) is 2.64. The minimum Gasteiger partial charge on any atom is -0.381 e. The van der Waals surface area contributed by atoms with Crippen molar-refractivity contribution in [3.63, 3.8) is 0 Å². The van der Waals surface area contributed by atoms with Crippen LogP contribution in [0.3, 0.4) is 0 Å². The van der Waals surface area contributed by atoms with Crippen LogP contribution in [0, 0.1) is 11.6 Å². The monoisotopic (exact) mass is 267 g/mol. The molecule has 100 valence electrons. The molecule has 1 heterocycles. The van der Waals surface area contributed by atoms with Gasteiger partial charge in [0.25, 0.3) is 5.91 Å². The maximum absolute atomic E-state index is 13.6. The van der Waals surface area contributed by atoms with E-state index in [1.807, 2.05) is 0 Å². The van der Waals surface area contributed by atoms with Crippen molar-refractivity contribution >= 4 is 17.4 Å². The molecule has 5 nitrogen and oxygen atoms in total. The largest absolute Gasteiger partial charge is 0.381 e. The van der Waals surface area contributed by atoms with E-state index in [2.05, 4.69) is 20.3 Å². The Balaban J connectivity index is 2.23. The second-order valence-electron chi connectivity index (χ2n) is 3.68. The highest BCUT2D eigenvalue weighted by molar-refractivity contribution is 6.03. The molecular weight excluding hydrogens is 256 g/mol. The van der Waals surface area contributed by atoms with Crippen molar-refractivity contribution in [2.45, 2.75) is 6.92 Å². The zero-order valence-corrected chi connectivity index (χ0v) is 10.0. The van der Waals surface area contributed by atoms with E-state index in [1.165, 1.54) is 12.3 Å². The summed E-state index contributed by atoms with van der Waals surface area (Å²) in [5, 5.41) is 8.36. The number of nitrogens with one attached hydrogen (secondary N) is 2. The molecular formula is C12H11F2N3O2. The maximum Gasteiger partial charge on any atom is 0.257 e. The van der Waals surface area contributed by atoms with Crippen LogP contribution in [0.25, 0.3) is 0 Å². The van der Waals surface area contributed by atoms with E-state index >= 15 is 0 Å². The lowest BCUT2D eigenvalue weighted by Crippen LogP contribution is -2.14. The van der Waals surface area contributed by atoms with Crippen molar-refractivity contribution in [2.24, 2.45) is 0 Å². The third kappa shape index (κ3) is 2.87. The van der Waals surface area contributed by atoms with Crippen molar-refractivity contribution in [3.05, 3.63) is 41.7 Å². The third-order valence-corrected chi connectivity index (χ3v) is 2.34. The highest BCUT2D eigenvalue weighted by Crippen LogP contribution is 2.21. The van der Waals surface area contributed by atoms with Gasteiger partial charge in [-0.3, -0.25) is 4.79 Å². The van der Waals surface area contributed by atoms with Gasteiger partial charge in [-0.25, -0.2) is 8.78 Å². The number of carbonyl (C=O) groups excluding carboxylic acids is 1. The van der Waals surface area contributed by atoms with Crippen LogP contribution in [-0.4, -0.2) is 17.6 Å². The lowest BCUT2D eigenvalue weighted by Gasteiger charge is -2.08. The molecule has 0 saturated heterocycles. The van der Waals surface area contributed by atoms with Gasteiger partial charge in [0.15, 0.2) is 5.82 Å². The number of nitrogens with zero attached hydrogens (tertiary/aromatic N) is 1. The molecule has 0 bridgehead atoms. The number of hydrogen-bond donors (Lipinski definition) is 2. The number of rotatable bonds is 4. The Hall–Kier alpha value is -2.44. The molecule has 1 aromatic heterocycles. The van der Waals surface area contributed by atoms with Gasteiger partial charge >= 0.3 is 0 Å². The summed E-state index contributed by atoms with van der Waals surface area (Å²) in [5.41, 5.74) is -0.389. The first kappa shape index (κ1) is 13.0. The average Bonchev–Trinajstić information content (AvgIpc) is 2.86. The number of carbonyl (C=O) groups is 1. The number of anilines is 2. The summed E-state index contributed by atoms with van der Waals surface area (Å²) in [4.78, 5) is 11.7. The van der Waals surface area contributed by atoms with Gasteiger partial charge < -0.3 is 15.2 Å². The van der Waals surface area contributed by atoms with Gasteiger partial charge in [0.05, 0.1) is 0 Å². The number of hydrogen-bond acceptors (Lipinski definition) is 4. The van der Waals surface area contributed by atoms with Crippen LogP contribution in [-0.2, 0) is 0 Å². The summed E-state index contributed by atoms with van der Waals surface area (Å²) in [5.74, 6) is -2.16. The van der Waals surface area contributed by atoms with Gasteiger partial charge in [-0.1, -0.05) is 5.16 Å². The molecule has 1 aromatic carbocycles. The second-order valence-corrected chi connectivity index (χ2v) is 3.68. The summed E-state index contributed by atoms with van der Waals surface area (Å²) in [7, 11) is 0. The third-order valence-electron chi connectivity index (χ3n) is 2.34. The van der Waals surface area contributed by atoms with Gasteiger partial charge in [-0.05, 0) is 19.1 Å². The predicted molar refractivity (Wildman–Crippen MR) is 65.0 cm³/mol. The molecule has 0 aliphatic heterocycles. The van der Waals surface area contributed by atoms with E-state index in [1.54, 1.807) is 6.92 Å². The summed E-state index contributed by atoms with van der Waals surface area (Å²) in [6.07, 6.45) is 1.27. The van der Waals surface area contributed by atoms with Crippen molar-refractivity contribution < 1.29 is 18.1 Å². The van der Waals surface area contributed by atoms with Gasteiger partial charge in [0, 0.05) is 18.2 Å². The molecule has 0 atom stereocenters. The Labute approximate surface area is 107 Å². The maximum atomic E-state index is 13.6. The summed E-state index contributed by atoms with van der Waals surface area (Å²) in [6, 6.07) is 3.32. The number of amides is 1. The average molecular weight is 267 g/mol. The van der Waals surface area contributed by atoms with Crippen molar-refractivity contribution in [1.29, 1.82) is 0 Å². The fraction of sp³-hybridized carbons (Fsp3) is 0.167. The molecule has 0 aliphatic rings. The van der Waals surface area contributed by atoms with Gasteiger partial charge in [0.1, 0.15) is 23.6 Å². The van der Waals surface area contributed by atoms with E-state index in [4.69, 9.17) is 0 Å². The lowest BCUT2D eigenvalue weighted by molar-refractivity contribution is 0.102. The summed E-state index contributed by atoms with van der Waals surface area (Å²) in [6.45, 7) is 2.09. The van der Waals surface area contributed by atoms with Crippen LogP contribution in [0.1, 0.15) is 17.3 Å². The first-order chi connectivity index (χ1) is 9.11. The number of aromatic nitrogens is 1. The smallest absolute Gasteiger partial charge is 0.257 e. The SMILES string of the molecule is CCNc1c(F)cc(C(=O)Nc2ccon2)cc1F. The first-order valence-electron chi connectivity index (χ1n) is 5.56. The van der Waals surface area contributed by atoms with Crippen LogP contribution >= 0.6 is 0 Å². The number of halogens is 2. The molecule has 1 amide bonds. The Morgan fingerprint density at radius 1 is 1.37 bits per heavy atom. The highest BCUT2D eigenvalue weighted by atomic mass is 19.1. The Morgan fingerprint density at radius 2 is 2.05 bits per heavy atom. The molecule has 0 spiro atoms. The molecule has 0 aliphatic carbocycles. The fourth-order valence-electron chi connectivity index (χ4n) is 1.52. The topological polar surface area (TPSA) is 67.2 Å². The molecule has 0 radical (unpaired) electrons. The quantitative estimate of drug-likeness (QED) is 0.893. The van der Waals surface area contributed by atoms with E-state index in [0.29, 0.717) is 6.54 Å². The molecule has 7 heteroatoms. The molecule has 0 fully saturated rings. The van der Waals surface area contributed by atoms with Gasteiger partial charge in [-0.2, -0.15) is 0 Å². The van der Waals surface area contributed by atoms with Crippen LogP contribution < -0.4 is 10.6 Å². The van der Waals surface area contributed by atoms with Crippen LogP contribution in [0.2, 0.25) is 0 Å². The van der Waals surface area contributed by atoms with E-state index < -0.39 is 17.5 Å². The van der Waals surface area contributed by atoms with E-state index in [-0.39, 0.29) is 17.1 Å². The molecule has 19 heavy (non-hydrogen) atoms. The second kappa shape index (κ2) is 5.47. The molecule has 2 N–H and O–H groups in total. The minimum atomic E-state index is -0.827. The van der Waals surface area contributed by atoms with Crippen molar-refractivity contribution in [2.75, 3.05) is 17.2 Å². The first-order valence-corrected chi connectivity index (χ1v) is 5.56. The van der Waals surface area contributed by atoms with Crippen LogP contribution in [0.15, 0.2) is 29.0 Å². The Bertz CT molecular complexity index is 562. The zero-order chi connectivity index (χ0) is 13.8. The molecule has 0 saturated carbocycles. The normalized spacial score (nSPS) is 10.3. The molecule has 2 rings (SSSR count). The number of benzene rings is 1. The summed E-state index contributed by atoms with van der Waals surface area (Å²) < 4.78 is 31.8. The zero-order valence-electron chi connectivity index (χ0n) is 10.0. The van der Waals surface area contributed by atoms with Crippen LogP contribution in [0.4, 0.5) is 20.3 Å². The van der Waals surface area contributed by atoms with E-state index in [9.17, 15) is 13.6 Å². The standard InChI is InChI=1S/C12H11F2N3O2/c1-2-15-11-8(13)5-7(6-9(11)14)12(18)16-10-3-4-19-17-10/h3-6,15H,2H2,1H3,(H,16,17,18). The Kier molecular flexibility index (Phi) is 3.74. The van der Waals surface area contributed by atoms with Gasteiger partial charge in [0.2, 0.25) is 0 Å². The lowest BCUT2D eigenvalue weighted by atomic mass is 10.1. The van der Waals surface area contributed by atoms with E-state index in [0.717, 1.165) is 12.1 Å². The fourth-order valence-corrected chi connectivity index (χ4v) is 1.52. The highest BCUT2D eigenvalue weighted by Gasteiger charge is 2.15. The minimum absolute atomic E-state index is 0.139. The summed E-state index contributed by atoms with van der Waals surface area (Å²) >= 11 is 0. The van der Waals surface area contributed by atoms with Crippen molar-refractivity contribution in [3.8, 4) is 0 Å². The van der Waals surface area contributed by atoms with Gasteiger partial charge in [-0.15, -0.1) is 0 Å².